The van der Waals surface area contributed by atoms with E-state index in [4.69, 9.17) is 4.74 Å². The molecule has 2 unspecified atom stereocenters. The normalized spacial score (nSPS) is 23.5. The maximum Gasteiger partial charge on any atom is 0.271 e. The first-order valence-corrected chi connectivity index (χ1v) is 8.39. The Labute approximate surface area is 140 Å². The molecular weight excluding hydrogens is 404 g/mol. The molecule has 0 heterocycles. The molecule has 0 aliphatic heterocycles. The Kier molecular flexibility index (Phi) is 4.95. The second kappa shape index (κ2) is 6.22. The number of benzene rings is 1. The summed E-state index contributed by atoms with van der Waals surface area (Å²) in [6.45, 7) is 7.36. The van der Waals surface area contributed by atoms with Crippen LogP contribution in [0, 0.1) is 15.5 Å². The summed E-state index contributed by atoms with van der Waals surface area (Å²) in [6.07, 6.45) is 1.01. The maximum atomic E-state index is 10.8. The van der Waals surface area contributed by atoms with Crippen LogP contribution in [0.3, 0.4) is 0 Å². The molecule has 5 nitrogen and oxygen atoms in total. The average molecular weight is 422 g/mol. The summed E-state index contributed by atoms with van der Waals surface area (Å²) in [7, 11) is 0. The first-order valence-electron chi connectivity index (χ1n) is 6.80. The van der Waals surface area contributed by atoms with Gasteiger partial charge in [-0.15, -0.1) is 0 Å². The monoisotopic (exact) mass is 420 g/mol. The first kappa shape index (κ1) is 16.7. The minimum atomic E-state index is -0.423. The number of hydrogen-bond acceptors (Lipinski definition) is 4. The molecule has 1 aromatic carbocycles. The van der Waals surface area contributed by atoms with Crippen molar-refractivity contribution in [3.8, 4) is 5.75 Å². The van der Waals surface area contributed by atoms with E-state index in [2.05, 4.69) is 57.9 Å². The molecule has 116 valence electrons. The summed E-state index contributed by atoms with van der Waals surface area (Å²) >= 11 is 6.71. The van der Waals surface area contributed by atoms with E-state index in [1.165, 1.54) is 12.1 Å². The van der Waals surface area contributed by atoms with Gasteiger partial charge in [0.15, 0.2) is 0 Å². The van der Waals surface area contributed by atoms with Crippen molar-refractivity contribution in [2.45, 2.75) is 39.3 Å². The van der Waals surface area contributed by atoms with E-state index in [-0.39, 0.29) is 17.2 Å². The van der Waals surface area contributed by atoms with Crippen LogP contribution in [-0.4, -0.2) is 23.6 Å². The van der Waals surface area contributed by atoms with E-state index in [9.17, 15) is 10.1 Å². The van der Waals surface area contributed by atoms with Gasteiger partial charge in [0.2, 0.25) is 0 Å². The second-order valence-corrected chi connectivity index (χ2v) is 7.48. The molecule has 1 saturated carbocycles. The van der Waals surface area contributed by atoms with Crippen molar-refractivity contribution in [1.29, 1.82) is 0 Å². The number of ether oxygens (including phenoxy) is 1. The van der Waals surface area contributed by atoms with Gasteiger partial charge in [-0.25, -0.2) is 0 Å². The molecule has 1 aromatic rings. The molecule has 0 spiro atoms. The van der Waals surface area contributed by atoms with Crippen molar-refractivity contribution in [1.82, 2.24) is 5.32 Å². The number of non-ortho nitro benzene ring substituents is 1. The molecule has 0 radical (unpaired) electrons. The smallest absolute Gasteiger partial charge is 0.271 e. The fraction of sp³-hybridized carbons (Fsp3) is 0.571. The van der Waals surface area contributed by atoms with E-state index in [1.54, 1.807) is 0 Å². The van der Waals surface area contributed by atoms with Crippen LogP contribution in [0.2, 0.25) is 0 Å². The molecule has 2 rings (SSSR count). The number of nitrogens with one attached hydrogen (secondary N) is 1. The van der Waals surface area contributed by atoms with Gasteiger partial charge in [0.05, 0.1) is 13.9 Å². The van der Waals surface area contributed by atoms with Gasteiger partial charge in [0, 0.05) is 30.0 Å². The number of nitro groups is 1. The molecule has 0 amide bonds. The zero-order valence-electron chi connectivity index (χ0n) is 12.2. The number of halogens is 2. The van der Waals surface area contributed by atoms with Crippen LogP contribution in [0.4, 0.5) is 5.69 Å². The highest BCUT2D eigenvalue weighted by Gasteiger charge is 2.49. The molecule has 0 saturated heterocycles. The van der Waals surface area contributed by atoms with Crippen molar-refractivity contribution in [2.24, 2.45) is 5.41 Å². The van der Waals surface area contributed by atoms with Gasteiger partial charge in [-0.2, -0.15) is 0 Å². The zero-order valence-corrected chi connectivity index (χ0v) is 15.3. The van der Waals surface area contributed by atoms with Crippen LogP contribution in [0.1, 0.15) is 27.2 Å². The lowest BCUT2D eigenvalue weighted by Crippen LogP contribution is -2.62. The Hall–Kier alpha value is -0.660. The van der Waals surface area contributed by atoms with Gasteiger partial charge in [-0.05, 0) is 38.4 Å². The number of hydrogen-bond donors (Lipinski definition) is 1. The Morgan fingerprint density at radius 2 is 2.00 bits per heavy atom. The zero-order chi connectivity index (χ0) is 15.8. The van der Waals surface area contributed by atoms with Crippen LogP contribution in [-0.2, 0) is 0 Å². The largest absolute Gasteiger partial charge is 0.487 e. The SMILES string of the molecule is CCNC1CC(Oc2c(Br)cc([N+](=O)[O-])cc2Br)C1(C)C. The predicted octanol–water partition coefficient (Wildman–Crippen LogP) is 4.28. The first-order chi connectivity index (χ1) is 9.77. The van der Waals surface area contributed by atoms with Gasteiger partial charge in [-0.1, -0.05) is 20.8 Å². The Balaban J connectivity index is 2.16. The lowest BCUT2D eigenvalue weighted by molar-refractivity contribution is -0.385. The number of nitro benzene ring substituents is 1. The fourth-order valence-electron chi connectivity index (χ4n) is 2.58. The van der Waals surface area contributed by atoms with E-state index in [1.807, 2.05) is 0 Å². The number of nitrogens with zero attached hydrogens (tertiary/aromatic N) is 1. The standard InChI is InChI=1S/C14H18Br2N2O3/c1-4-17-11-7-12(14(11,2)3)21-13-9(15)5-8(18(19)20)6-10(13)16/h5-6,11-12,17H,4,7H2,1-3H3. The Bertz CT molecular complexity index is 540. The van der Waals surface area contributed by atoms with E-state index >= 15 is 0 Å². The highest BCUT2D eigenvalue weighted by atomic mass is 79.9. The van der Waals surface area contributed by atoms with Crippen LogP contribution in [0.15, 0.2) is 21.1 Å². The molecule has 1 aliphatic rings. The molecular formula is C14H18Br2N2O3. The van der Waals surface area contributed by atoms with Crippen molar-refractivity contribution in [3.05, 3.63) is 31.2 Å². The Morgan fingerprint density at radius 1 is 1.43 bits per heavy atom. The quantitative estimate of drug-likeness (QED) is 0.569. The van der Waals surface area contributed by atoms with Crippen LogP contribution >= 0.6 is 31.9 Å². The molecule has 1 aliphatic carbocycles. The molecule has 1 N–H and O–H groups in total. The molecule has 2 atom stereocenters. The lowest BCUT2D eigenvalue weighted by Gasteiger charge is -2.51. The summed E-state index contributed by atoms with van der Waals surface area (Å²) in [5, 5.41) is 14.3. The van der Waals surface area contributed by atoms with Crippen molar-refractivity contribution in [3.63, 3.8) is 0 Å². The summed E-state index contributed by atoms with van der Waals surface area (Å²) in [5.74, 6) is 0.619. The molecule has 21 heavy (non-hydrogen) atoms. The molecule has 1 fully saturated rings. The summed E-state index contributed by atoms with van der Waals surface area (Å²) in [6, 6.07) is 3.37. The van der Waals surface area contributed by atoms with Crippen LogP contribution in [0.25, 0.3) is 0 Å². The van der Waals surface area contributed by atoms with E-state index in [0.29, 0.717) is 20.7 Å². The topological polar surface area (TPSA) is 64.4 Å². The number of rotatable bonds is 5. The second-order valence-electron chi connectivity index (χ2n) is 5.77. The third-order valence-electron chi connectivity index (χ3n) is 4.08. The van der Waals surface area contributed by atoms with E-state index in [0.717, 1.165) is 13.0 Å². The van der Waals surface area contributed by atoms with Gasteiger partial charge in [-0.3, -0.25) is 10.1 Å². The summed E-state index contributed by atoms with van der Waals surface area (Å²) in [5.41, 5.74) is 0.0518. The third-order valence-corrected chi connectivity index (χ3v) is 5.26. The average Bonchev–Trinajstić information content (AvgIpc) is 2.40. The van der Waals surface area contributed by atoms with Crippen molar-refractivity contribution < 1.29 is 9.66 Å². The minimum Gasteiger partial charge on any atom is -0.487 e. The summed E-state index contributed by atoms with van der Waals surface area (Å²) in [4.78, 5) is 10.4. The maximum absolute atomic E-state index is 10.8. The predicted molar refractivity (Wildman–Crippen MR) is 88.8 cm³/mol. The van der Waals surface area contributed by atoms with Crippen molar-refractivity contribution >= 4 is 37.5 Å². The lowest BCUT2D eigenvalue weighted by atomic mass is 9.64. The fourth-order valence-corrected chi connectivity index (χ4v) is 3.93. The Morgan fingerprint density at radius 3 is 2.43 bits per heavy atom. The highest BCUT2D eigenvalue weighted by molar-refractivity contribution is 9.11. The van der Waals surface area contributed by atoms with Crippen molar-refractivity contribution in [2.75, 3.05) is 6.54 Å². The van der Waals surface area contributed by atoms with Crippen LogP contribution in [0.5, 0.6) is 5.75 Å². The van der Waals surface area contributed by atoms with Gasteiger partial charge >= 0.3 is 0 Å². The van der Waals surface area contributed by atoms with E-state index < -0.39 is 4.92 Å². The highest BCUT2D eigenvalue weighted by Crippen LogP contribution is 2.46. The summed E-state index contributed by atoms with van der Waals surface area (Å²) < 4.78 is 7.26. The molecule has 0 aromatic heterocycles. The van der Waals surface area contributed by atoms with Crippen LogP contribution < -0.4 is 10.1 Å². The van der Waals surface area contributed by atoms with Gasteiger partial charge in [0.25, 0.3) is 5.69 Å². The minimum absolute atomic E-state index is 0.0245. The third kappa shape index (κ3) is 3.24. The van der Waals surface area contributed by atoms with Gasteiger partial charge < -0.3 is 10.1 Å². The molecule has 0 bridgehead atoms. The van der Waals surface area contributed by atoms with Gasteiger partial charge in [0.1, 0.15) is 11.9 Å². The molecule has 7 heteroatoms.